The maximum Gasteiger partial charge on any atom is 0.0436 e. The molecule has 0 spiro atoms. The van der Waals surface area contributed by atoms with E-state index in [0.717, 1.165) is 18.3 Å². The van der Waals surface area contributed by atoms with Gasteiger partial charge in [-0.15, -0.1) is 0 Å². The van der Waals surface area contributed by atoms with E-state index in [-0.39, 0.29) is 0 Å². The zero-order valence-corrected chi connectivity index (χ0v) is 13.2. The van der Waals surface area contributed by atoms with Gasteiger partial charge < -0.3 is 5.11 Å². The highest BCUT2D eigenvalue weighted by atomic mass is 16.3. The number of hydrogen-bond donors (Lipinski definition) is 1. The van der Waals surface area contributed by atoms with Gasteiger partial charge >= 0.3 is 0 Å². The Hall–Kier alpha value is -0.0400. The third kappa shape index (κ3) is 2.48. The Labute approximate surface area is 119 Å². The van der Waals surface area contributed by atoms with Gasteiger partial charge in [-0.25, -0.2) is 0 Å². The second-order valence-electron chi connectivity index (χ2n) is 9.13. The lowest BCUT2D eigenvalue weighted by molar-refractivity contribution is -0.128. The molecule has 4 fully saturated rings. The number of aliphatic hydroxyl groups is 1. The molecule has 0 aromatic heterocycles. The van der Waals surface area contributed by atoms with Crippen LogP contribution in [0.5, 0.6) is 0 Å². The van der Waals surface area contributed by atoms with Crippen molar-refractivity contribution >= 4 is 0 Å². The van der Waals surface area contributed by atoms with Gasteiger partial charge in [0.05, 0.1) is 0 Å². The van der Waals surface area contributed by atoms with Crippen LogP contribution in [0.2, 0.25) is 0 Å². The molecule has 1 nitrogen and oxygen atoms in total. The fraction of sp³-hybridized carbons (Fsp3) is 1.00. The Balaban J connectivity index is 1.80. The predicted octanol–water partition coefficient (Wildman–Crippen LogP) is 4.78. The average molecular weight is 264 g/mol. The van der Waals surface area contributed by atoms with Gasteiger partial charge in [0.25, 0.3) is 0 Å². The van der Waals surface area contributed by atoms with Crippen molar-refractivity contribution in [2.24, 2.45) is 28.1 Å². The van der Waals surface area contributed by atoms with Gasteiger partial charge in [-0.3, -0.25) is 0 Å². The molecule has 0 radical (unpaired) electrons. The molecule has 0 aliphatic heterocycles. The molecule has 4 rings (SSSR count). The second kappa shape index (κ2) is 4.48. The lowest BCUT2D eigenvalue weighted by atomic mass is 9.42. The molecular weight excluding hydrogens is 232 g/mol. The van der Waals surface area contributed by atoms with Gasteiger partial charge in [-0.2, -0.15) is 0 Å². The molecule has 2 atom stereocenters. The summed E-state index contributed by atoms with van der Waals surface area (Å²) in [4.78, 5) is 0. The summed E-state index contributed by atoms with van der Waals surface area (Å²) >= 11 is 0. The van der Waals surface area contributed by atoms with E-state index in [2.05, 4.69) is 20.8 Å². The summed E-state index contributed by atoms with van der Waals surface area (Å²) < 4.78 is 0. The van der Waals surface area contributed by atoms with Crippen molar-refractivity contribution in [3.05, 3.63) is 0 Å². The van der Waals surface area contributed by atoms with Crippen LogP contribution >= 0.6 is 0 Å². The van der Waals surface area contributed by atoms with Gasteiger partial charge in [0, 0.05) is 6.61 Å². The summed E-state index contributed by atoms with van der Waals surface area (Å²) in [7, 11) is 0. The van der Waals surface area contributed by atoms with Crippen LogP contribution in [0.3, 0.4) is 0 Å². The summed E-state index contributed by atoms with van der Waals surface area (Å²) in [5, 5.41) is 9.31. The zero-order valence-electron chi connectivity index (χ0n) is 13.2. The smallest absolute Gasteiger partial charge is 0.0436 e. The highest BCUT2D eigenvalue weighted by molar-refractivity contribution is 5.08. The van der Waals surface area contributed by atoms with E-state index in [9.17, 15) is 5.11 Å². The molecule has 0 saturated heterocycles. The summed E-state index contributed by atoms with van der Waals surface area (Å²) in [6.07, 6.45) is 12.8. The maximum absolute atomic E-state index is 9.31. The zero-order chi connectivity index (χ0) is 13.7. The maximum atomic E-state index is 9.31. The number of rotatable bonds is 5. The lowest BCUT2D eigenvalue weighted by Crippen LogP contribution is -2.52. The van der Waals surface area contributed by atoms with Crippen LogP contribution in [-0.2, 0) is 0 Å². The van der Waals surface area contributed by atoms with Crippen LogP contribution in [0.1, 0.15) is 78.6 Å². The van der Waals surface area contributed by atoms with Crippen molar-refractivity contribution in [3.63, 3.8) is 0 Å². The van der Waals surface area contributed by atoms with Gasteiger partial charge in [0.2, 0.25) is 0 Å². The molecule has 4 aliphatic rings. The Morgan fingerprint density at radius 1 is 1.05 bits per heavy atom. The minimum absolute atomic E-state index is 0.329. The van der Waals surface area contributed by atoms with Gasteiger partial charge in [-0.05, 0) is 79.4 Å². The summed E-state index contributed by atoms with van der Waals surface area (Å²) in [6.45, 7) is 7.54. The van der Waals surface area contributed by atoms with Gasteiger partial charge in [-0.1, -0.05) is 27.2 Å². The van der Waals surface area contributed by atoms with Crippen molar-refractivity contribution in [1.82, 2.24) is 0 Å². The molecule has 2 unspecified atom stereocenters. The van der Waals surface area contributed by atoms with Crippen molar-refractivity contribution < 1.29 is 5.11 Å². The van der Waals surface area contributed by atoms with E-state index in [0.29, 0.717) is 22.9 Å². The third-order valence-corrected chi connectivity index (χ3v) is 6.70. The van der Waals surface area contributed by atoms with Crippen LogP contribution in [0.4, 0.5) is 0 Å². The molecule has 19 heavy (non-hydrogen) atoms. The molecule has 0 aromatic carbocycles. The Morgan fingerprint density at radius 3 is 2.16 bits per heavy atom. The van der Waals surface area contributed by atoms with E-state index in [1.807, 2.05) is 0 Å². The SMILES string of the molecule is CCC12CC3CC(C1)CC(CC(C)(C)CCO)(C3)C2. The minimum Gasteiger partial charge on any atom is -0.396 e. The molecule has 1 N–H and O–H groups in total. The van der Waals surface area contributed by atoms with Crippen LogP contribution < -0.4 is 0 Å². The summed E-state index contributed by atoms with van der Waals surface area (Å²) in [5.74, 6) is 2.07. The van der Waals surface area contributed by atoms with Crippen molar-refractivity contribution in [2.45, 2.75) is 78.6 Å². The van der Waals surface area contributed by atoms with Crippen LogP contribution in [0.25, 0.3) is 0 Å². The molecule has 4 aliphatic carbocycles. The highest BCUT2D eigenvalue weighted by Gasteiger charge is 2.57. The quantitative estimate of drug-likeness (QED) is 0.757. The van der Waals surface area contributed by atoms with Crippen molar-refractivity contribution in [2.75, 3.05) is 6.61 Å². The molecule has 0 amide bonds. The molecule has 110 valence electrons. The molecule has 0 heterocycles. The van der Waals surface area contributed by atoms with Crippen LogP contribution in [0, 0.1) is 28.1 Å². The first-order valence-electron chi connectivity index (χ1n) is 8.51. The Morgan fingerprint density at radius 2 is 1.63 bits per heavy atom. The van der Waals surface area contributed by atoms with Gasteiger partial charge in [0.1, 0.15) is 0 Å². The molecule has 0 aromatic rings. The monoisotopic (exact) mass is 264 g/mol. The largest absolute Gasteiger partial charge is 0.396 e. The first kappa shape index (κ1) is 13.9. The van der Waals surface area contributed by atoms with Gasteiger partial charge in [0.15, 0.2) is 0 Å². The summed E-state index contributed by atoms with van der Waals surface area (Å²) in [5.41, 5.74) is 1.67. The Kier molecular flexibility index (Phi) is 3.28. The number of hydrogen-bond acceptors (Lipinski definition) is 1. The molecule has 1 heteroatoms. The topological polar surface area (TPSA) is 20.2 Å². The van der Waals surface area contributed by atoms with Crippen molar-refractivity contribution in [3.8, 4) is 0 Å². The lowest BCUT2D eigenvalue weighted by Gasteiger charge is -2.63. The third-order valence-electron chi connectivity index (χ3n) is 6.70. The van der Waals surface area contributed by atoms with Crippen LogP contribution in [-0.4, -0.2) is 11.7 Å². The summed E-state index contributed by atoms with van der Waals surface area (Å²) in [6, 6.07) is 0. The second-order valence-corrected chi connectivity index (χ2v) is 9.13. The average Bonchev–Trinajstić information content (AvgIpc) is 2.25. The van der Waals surface area contributed by atoms with E-state index in [4.69, 9.17) is 0 Å². The molecule has 4 bridgehead atoms. The van der Waals surface area contributed by atoms with E-state index in [1.54, 1.807) is 0 Å². The highest BCUT2D eigenvalue weighted by Crippen LogP contribution is 2.68. The molecule has 4 saturated carbocycles. The van der Waals surface area contributed by atoms with E-state index >= 15 is 0 Å². The fourth-order valence-corrected chi connectivity index (χ4v) is 6.68. The normalized spacial score (nSPS) is 44.8. The first-order valence-corrected chi connectivity index (χ1v) is 8.51. The predicted molar refractivity (Wildman–Crippen MR) is 79.9 cm³/mol. The minimum atomic E-state index is 0.329. The van der Waals surface area contributed by atoms with E-state index < -0.39 is 0 Å². The van der Waals surface area contributed by atoms with Crippen LogP contribution in [0.15, 0.2) is 0 Å². The Bertz CT molecular complexity index is 330. The van der Waals surface area contributed by atoms with E-state index in [1.165, 1.54) is 51.4 Å². The van der Waals surface area contributed by atoms with Crippen molar-refractivity contribution in [1.29, 1.82) is 0 Å². The number of aliphatic hydroxyl groups excluding tert-OH is 1. The first-order chi connectivity index (χ1) is 8.90. The fourth-order valence-electron chi connectivity index (χ4n) is 6.68. The standard InChI is InChI=1S/C18H32O/c1-4-17-8-14-7-15(9-17)11-18(10-14,13-17)12-16(2,3)5-6-19/h14-15,19H,4-13H2,1-3H3. The molecular formula is C18H32O.